The van der Waals surface area contributed by atoms with E-state index in [1.54, 1.807) is 49.6 Å². The third kappa shape index (κ3) is 6.51. The van der Waals surface area contributed by atoms with Crippen LogP contribution >= 0.6 is 0 Å². The van der Waals surface area contributed by atoms with Gasteiger partial charge in [-0.05, 0) is 72.8 Å². The molecule has 4 aromatic rings. The van der Waals surface area contributed by atoms with Crippen LogP contribution in [0.3, 0.4) is 0 Å². The number of piperazine rings is 1. The number of ether oxygens (including phenoxy) is 1. The van der Waals surface area contributed by atoms with Crippen LogP contribution in [-0.2, 0) is 10.0 Å². The summed E-state index contributed by atoms with van der Waals surface area (Å²) in [5.74, 6) is 0.467. The number of para-hydroxylation sites is 2. The largest absolute Gasteiger partial charge is 0.496 e. The zero-order chi connectivity index (χ0) is 28.8. The standard InChI is InChI=1S/C33H33N3O4S/c1-35-20-22-36(23-21-35)31-18-16-25(28-12-7-9-15-33(28)40-2)24-26(31)17-19-32(37)29-13-6-8-14-30(29)34-41(38,39)27-10-4-3-5-11-27/h3-19,24,34H,20-23H2,1-2H3/b19-17+. The predicted octanol–water partition coefficient (Wildman–Crippen LogP) is 5.81. The molecule has 1 saturated heterocycles. The molecule has 1 aliphatic heterocycles. The maximum absolute atomic E-state index is 13.5. The van der Waals surface area contributed by atoms with Gasteiger partial charge in [-0.2, -0.15) is 0 Å². The molecule has 1 heterocycles. The van der Waals surface area contributed by atoms with Crippen molar-refractivity contribution in [2.24, 2.45) is 0 Å². The normalized spacial score (nSPS) is 14.2. The van der Waals surface area contributed by atoms with Gasteiger partial charge in [0.25, 0.3) is 10.0 Å². The zero-order valence-corrected chi connectivity index (χ0v) is 24.0. The molecule has 1 N–H and O–H groups in total. The maximum atomic E-state index is 13.5. The van der Waals surface area contributed by atoms with Gasteiger partial charge in [-0.1, -0.05) is 54.6 Å². The van der Waals surface area contributed by atoms with E-state index in [-0.39, 0.29) is 21.9 Å². The summed E-state index contributed by atoms with van der Waals surface area (Å²) in [6.07, 6.45) is 3.33. The molecule has 0 saturated carbocycles. The second kappa shape index (κ2) is 12.4. The minimum atomic E-state index is -3.85. The monoisotopic (exact) mass is 567 g/mol. The Morgan fingerprint density at radius 2 is 1.54 bits per heavy atom. The molecule has 1 aliphatic rings. The van der Waals surface area contributed by atoms with Crippen LogP contribution in [0.2, 0.25) is 0 Å². The number of hydrogen-bond donors (Lipinski definition) is 1. The van der Waals surface area contributed by atoms with E-state index >= 15 is 0 Å². The summed E-state index contributed by atoms with van der Waals surface area (Å²) < 4.78 is 34.1. The fourth-order valence-electron chi connectivity index (χ4n) is 4.92. The topological polar surface area (TPSA) is 79.0 Å². The van der Waals surface area contributed by atoms with E-state index in [2.05, 4.69) is 39.8 Å². The van der Waals surface area contributed by atoms with Gasteiger partial charge in [-0.25, -0.2) is 8.42 Å². The van der Waals surface area contributed by atoms with Crippen molar-refractivity contribution in [3.05, 3.63) is 114 Å². The number of hydrogen-bond acceptors (Lipinski definition) is 6. The predicted molar refractivity (Wildman–Crippen MR) is 165 cm³/mol. The fraction of sp³-hybridized carbons (Fsp3) is 0.182. The van der Waals surface area contributed by atoms with Gasteiger partial charge in [0, 0.05) is 43.0 Å². The van der Waals surface area contributed by atoms with Gasteiger partial charge in [0.1, 0.15) is 5.75 Å². The molecule has 41 heavy (non-hydrogen) atoms. The van der Waals surface area contributed by atoms with Crippen LogP contribution in [0.25, 0.3) is 17.2 Å². The summed E-state index contributed by atoms with van der Waals surface area (Å²) in [5, 5.41) is 0. The van der Waals surface area contributed by atoms with Crippen LogP contribution in [-0.4, -0.2) is 59.4 Å². The molecule has 0 spiro atoms. The summed E-state index contributed by atoms with van der Waals surface area (Å²) in [6, 6.07) is 28.8. The van der Waals surface area contributed by atoms with Crippen LogP contribution < -0.4 is 14.4 Å². The molecule has 5 rings (SSSR count). The lowest BCUT2D eigenvalue weighted by atomic mass is 9.99. The summed E-state index contributed by atoms with van der Waals surface area (Å²) in [6.45, 7) is 3.66. The van der Waals surface area contributed by atoms with Crippen LogP contribution in [0.1, 0.15) is 15.9 Å². The quantitative estimate of drug-likeness (QED) is 0.203. The number of likely N-dealkylation sites (N-methyl/N-ethyl adjacent to an activating group) is 1. The molecular weight excluding hydrogens is 534 g/mol. The highest BCUT2D eigenvalue weighted by molar-refractivity contribution is 7.92. The first-order valence-corrected chi connectivity index (χ1v) is 14.9. The van der Waals surface area contributed by atoms with Crippen LogP contribution in [0.5, 0.6) is 5.75 Å². The van der Waals surface area contributed by atoms with Crippen molar-refractivity contribution in [1.82, 2.24) is 4.90 Å². The summed E-state index contributed by atoms with van der Waals surface area (Å²) in [4.78, 5) is 18.2. The Labute approximate surface area is 241 Å². The summed E-state index contributed by atoms with van der Waals surface area (Å²) in [7, 11) is -0.0846. The van der Waals surface area contributed by atoms with Crippen LogP contribution in [0, 0.1) is 0 Å². The van der Waals surface area contributed by atoms with E-state index in [0.29, 0.717) is 0 Å². The molecule has 0 bridgehead atoms. The van der Waals surface area contributed by atoms with Crippen molar-refractivity contribution in [3.63, 3.8) is 0 Å². The first-order chi connectivity index (χ1) is 19.9. The Morgan fingerprint density at radius 1 is 0.854 bits per heavy atom. The zero-order valence-electron chi connectivity index (χ0n) is 23.2. The number of nitrogens with one attached hydrogen (secondary N) is 1. The van der Waals surface area contributed by atoms with Crippen molar-refractivity contribution < 1.29 is 17.9 Å². The highest BCUT2D eigenvalue weighted by Crippen LogP contribution is 2.34. The Morgan fingerprint density at radius 3 is 2.29 bits per heavy atom. The number of benzene rings is 4. The van der Waals surface area contributed by atoms with Gasteiger partial charge in [0.15, 0.2) is 5.78 Å². The molecular formula is C33H33N3O4S. The molecule has 0 unspecified atom stereocenters. The van der Waals surface area contributed by atoms with Gasteiger partial charge < -0.3 is 14.5 Å². The molecule has 4 aromatic carbocycles. The molecule has 0 aliphatic carbocycles. The number of sulfonamides is 1. The Kier molecular flexibility index (Phi) is 8.52. The molecule has 210 valence electrons. The van der Waals surface area contributed by atoms with E-state index < -0.39 is 10.0 Å². The third-order valence-electron chi connectivity index (χ3n) is 7.19. The van der Waals surface area contributed by atoms with Gasteiger partial charge in [-0.15, -0.1) is 0 Å². The SMILES string of the molecule is COc1ccccc1-c1ccc(N2CCN(C)CC2)c(/C=C/C(=O)c2ccccc2NS(=O)(=O)c2ccccc2)c1. The number of carbonyl (C=O) groups is 1. The number of rotatable bonds is 9. The van der Waals surface area contributed by atoms with Gasteiger partial charge in [0.2, 0.25) is 0 Å². The highest BCUT2D eigenvalue weighted by atomic mass is 32.2. The molecule has 1 fully saturated rings. The molecule has 0 aromatic heterocycles. The lowest BCUT2D eigenvalue weighted by Gasteiger charge is -2.35. The second-order valence-corrected chi connectivity index (χ2v) is 11.6. The smallest absolute Gasteiger partial charge is 0.261 e. The number of carbonyl (C=O) groups excluding carboxylic acids is 1. The van der Waals surface area contributed by atoms with E-state index in [4.69, 9.17) is 4.74 Å². The Balaban J connectivity index is 1.48. The fourth-order valence-corrected chi connectivity index (χ4v) is 6.02. The van der Waals surface area contributed by atoms with Crippen molar-refractivity contribution in [3.8, 4) is 16.9 Å². The molecule has 8 heteroatoms. The van der Waals surface area contributed by atoms with Crippen molar-refractivity contribution >= 4 is 33.3 Å². The minimum absolute atomic E-state index is 0.128. The minimum Gasteiger partial charge on any atom is -0.496 e. The Bertz CT molecular complexity index is 1660. The van der Waals surface area contributed by atoms with Crippen molar-refractivity contribution in [1.29, 1.82) is 0 Å². The Hall–Kier alpha value is -4.40. The average Bonchev–Trinajstić information content (AvgIpc) is 3.00. The van der Waals surface area contributed by atoms with E-state index in [9.17, 15) is 13.2 Å². The molecule has 0 atom stereocenters. The lowest BCUT2D eigenvalue weighted by Crippen LogP contribution is -2.44. The number of nitrogens with zero attached hydrogens (tertiary/aromatic N) is 2. The van der Waals surface area contributed by atoms with Crippen LogP contribution in [0.4, 0.5) is 11.4 Å². The lowest BCUT2D eigenvalue weighted by molar-refractivity contribution is 0.104. The number of anilines is 2. The summed E-state index contributed by atoms with van der Waals surface area (Å²) in [5.41, 5.74) is 4.37. The first kappa shape index (κ1) is 28.1. The molecule has 0 radical (unpaired) electrons. The highest BCUT2D eigenvalue weighted by Gasteiger charge is 2.19. The van der Waals surface area contributed by atoms with E-state index in [0.717, 1.165) is 54.3 Å². The van der Waals surface area contributed by atoms with Crippen LogP contribution in [0.15, 0.2) is 108 Å². The number of allylic oxidation sites excluding steroid dienone is 1. The van der Waals surface area contributed by atoms with Gasteiger partial charge in [0.05, 0.1) is 17.7 Å². The number of ketones is 1. The number of methoxy groups -OCH3 is 1. The molecule has 0 amide bonds. The van der Waals surface area contributed by atoms with E-state index in [1.165, 1.54) is 18.2 Å². The van der Waals surface area contributed by atoms with Gasteiger partial charge >= 0.3 is 0 Å². The van der Waals surface area contributed by atoms with E-state index in [1.807, 2.05) is 30.3 Å². The van der Waals surface area contributed by atoms with Crippen molar-refractivity contribution in [2.75, 3.05) is 50.0 Å². The molecule has 7 nitrogen and oxygen atoms in total. The average molecular weight is 568 g/mol. The summed E-state index contributed by atoms with van der Waals surface area (Å²) >= 11 is 0. The second-order valence-electron chi connectivity index (χ2n) is 9.93. The van der Waals surface area contributed by atoms with Gasteiger partial charge in [-0.3, -0.25) is 9.52 Å². The first-order valence-electron chi connectivity index (χ1n) is 13.5. The maximum Gasteiger partial charge on any atom is 0.261 e. The van der Waals surface area contributed by atoms with Crippen molar-refractivity contribution in [2.45, 2.75) is 4.90 Å². The third-order valence-corrected chi connectivity index (χ3v) is 8.58.